The molecule has 132 valence electrons. The largest absolute Gasteiger partial charge is 0.398 e. The summed E-state index contributed by atoms with van der Waals surface area (Å²) in [4.78, 5) is 17.1. The average Bonchev–Trinajstić information content (AvgIpc) is 2.59. The van der Waals surface area contributed by atoms with Gasteiger partial charge < -0.3 is 16.4 Å². The summed E-state index contributed by atoms with van der Waals surface area (Å²) < 4.78 is 0. The highest BCUT2D eigenvalue weighted by Crippen LogP contribution is 2.39. The van der Waals surface area contributed by atoms with Gasteiger partial charge in [-0.15, -0.1) is 0 Å². The molecule has 0 atom stereocenters. The van der Waals surface area contributed by atoms with Crippen LogP contribution >= 0.6 is 11.6 Å². The number of pyridine rings is 1. The first kappa shape index (κ1) is 16.8. The number of rotatable bonds is 3. The molecule has 1 aromatic heterocycles. The van der Waals surface area contributed by atoms with Crippen molar-refractivity contribution in [2.75, 3.05) is 24.1 Å². The van der Waals surface area contributed by atoms with Crippen LogP contribution < -0.4 is 16.4 Å². The second kappa shape index (κ2) is 6.59. The number of nitrogens with two attached hydrogens (primary N) is 1. The Morgan fingerprint density at radius 3 is 2.81 bits per heavy atom. The second-order valence-corrected chi connectivity index (χ2v) is 6.98. The number of hydrogen-bond acceptors (Lipinski definition) is 4. The average molecular weight is 367 g/mol. The fraction of sp³-hybridized carbons (Fsp3) is 0.200. The molecule has 26 heavy (non-hydrogen) atoms. The molecule has 1 aliphatic heterocycles. The third-order valence-corrected chi connectivity index (χ3v) is 5.27. The van der Waals surface area contributed by atoms with Gasteiger partial charge in [-0.2, -0.15) is 0 Å². The summed E-state index contributed by atoms with van der Waals surface area (Å²) >= 11 is 6.64. The van der Waals surface area contributed by atoms with E-state index in [-0.39, 0.29) is 11.8 Å². The number of fused-ring (bicyclic) bond motifs is 1. The zero-order chi connectivity index (χ0) is 18.3. The van der Waals surface area contributed by atoms with Gasteiger partial charge in [-0.3, -0.25) is 9.78 Å². The van der Waals surface area contributed by atoms with Crippen molar-refractivity contribution in [1.82, 2.24) is 10.3 Å². The van der Waals surface area contributed by atoms with E-state index in [4.69, 9.17) is 17.3 Å². The van der Waals surface area contributed by atoms with Crippen LogP contribution in [0, 0.1) is 6.92 Å². The molecule has 1 saturated heterocycles. The fourth-order valence-corrected chi connectivity index (χ4v) is 3.82. The molecule has 0 bridgehead atoms. The minimum atomic E-state index is -0.234. The van der Waals surface area contributed by atoms with Crippen molar-refractivity contribution < 1.29 is 4.79 Å². The van der Waals surface area contributed by atoms with Crippen molar-refractivity contribution in [3.8, 4) is 0 Å². The smallest absolute Gasteiger partial charge is 0.257 e. The third-order valence-electron chi connectivity index (χ3n) is 4.87. The number of aryl methyl sites for hydroxylation is 1. The zero-order valence-electron chi connectivity index (χ0n) is 14.3. The van der Waals surface area contributed by atoms with E-state index >= 15 is 0 Å². The Labute approximate surface area is 156 Å². The van der Waals surface area contributed by atoms with Crippen LogP contribution in [0.25, 0.3) is 10.8 Å². The number of benzene rings is 2. The second-order valence-electron chi connectivity index (χ2n) is 6.60. The summed E-state index contributed by atoms with van der Waals surface area (Å²) in [7, 11) is 0. The number of hydrogen-bond donors (Lipinski definition) is 3. The number of carbonyl (C=O) groups excluding carboxylic acids is 1. The summed E-state index contributed by atoms with van der Waals surface area (Å²) in [6, 6.07) is 9.54. The van der Waals surface area contributed by atoms with E-state index in [1.807, 2.05) is 37.3 Å². The van der Waals surface area contributed by atoms with Gasteiger partial charge in [0.05, 0.1) is 16.3 Å². The van der Waals surface area contributed by atoms with Crippen LogP contribution in [0.4, 0.5) is 11.4 Å². The zero-order valence-corrected chi connectivity index (χ0v) is 15.1. The quantitative estimate of drug-likeness (QED) is 0.617. The predicted molar refractivity (Wildman–Crippen MR) is 106 cm³/mol. The molecule has 0 radical (unpaired) electrons. The highest BCUT2D eigenvalue weighted by Gasteiger charge is 2.26. The molecule has 0 spiro atoms. The molecule has 2 heterocycles. The Balaban J connectivity index is 1.74. The van der Waals surface area contributed by atoms with Gasteiger partial charge >= 0.3 is 0 Å². The summed E-state index contributed by atoms with van der Waals surface area (Å²) in [6.45, 7) is 3.57. The molecule has 2 aromatic carbocycles. The first-order chi connectivity index (χ1) is 12.6. The van der Waals surface area contributed by atoms with Gasteiger partial charge in [0.2, 0.25) is 0 Å². The Morgan fingerprint density at radius 1 is 1.31 bits per heavy atom. The van der Waals surface area contributed by atoms with Crippen molar-refractivity contribution in [3.05, 3.63) is 64.4 Å². The predicted octanol–water partition coefficient (Wildman–Crippen LogP) is 3.72. The number of amides is 1. The standard InChI is InChI=1S/C20H19ClN4O/c1-11-6-16(22)17(13-8-23-9-13)18(21)19(11)25-20(26)15-10-24-7-12-4-2-3-5-14(12)15/h2-7,10,13,23H,8-9,22H2,1H3,(H,25,26). The van der Waals surface area contributed by atoms with E-state index in [0.29, 0.717) is 22.0 Å². The lowest BCUT2D eigenvalue weighted by molar-refractivity contribution is 0.102. The molecule has 1 fully saturated rings. The van der Waals surface area contributed by atoms with E-state index in [1.165, 1.54) is 0 Å². The monoisotopic (exact) mass is 366 g/mol. The molecule has 1 amide bonds. The first-order valence-corrected chi connectivity index (χ1v) is 8.87. The SMILES string of the molecule is Cc1cc(N)c(C2CNC2)c(Cl)c1NC(=O)c1cncc2ccccc12. The van der Waals surface area contributed by atoms with Crippen LogP contribution in [0.15, 0.2) is 42.7 Å². The van der Waals surface area contributed by atoms with Crippen molar-refractivity contribution in [2.45, 2.75) is 12.8 Å². The maximum absolute atomic E-state index is 12.9. The Bertz CT molecular complexity index is 1010. The molecular formula is C20H19ClN4O. The number of carbonyl (C=O) groups is 1. The van der Waals surface area contributed by atoms with Gasteiger partial charge in [0.1, 0.15) is 0 Å². The van der Waals surface area contributed by atoms with Gasteiger partial charge in [0, 0.05) is 48.0 Å². The minimum absolute atomic E-state index is 0.234. The van der Waals surface area contributed by atoms with Gasteiger partial charge in [-0.25, -0.2) is 0 Å². The van der Waals surface area contributed by atoms with Crippen molar-refractivity contribution in [1.29, 1.82) is 0 Å². The maximum atomic E-state index is 12.9. The molecule has 0 aliphatic carbocycles. The highest BCUT2D eigenvalue weighted by molar-refractivity contribution is 6.35. The van der Waals surface area contributed by atoms with Crippen LogP contribution in [0.5, 0.6) is 0 Å². The normalized spacial score (nSPS) is 14.2. The van der Waals surface area contributed by atoms with E-state index < -0.39 is 0 Å². The molecular weight excluding hydrogens is 348 g/mol. The first-order valence-electron chi connectivity index (χ1n) is 8.49. The van der Waals surface area contributed by atoms with Gasteiger partial charge in [-0.1, -0.05) is 35.9 Å². The van der Waals surface area contributed by atoms with E-state index in [0.717, 1.165) is 35.0 Å². The maximum Gasteiger partial charge on any atom is 0.257 e. The van der Waals surface area contributed by atoms with Crippen LogP contribution in [0.1, 0.15) is 27.4 Å². The highest BCUT2D eigenvalue weighted by atomic mass is 35.5. The molecule has 6 heteroatoms. The lowest BCUT2D eigenvalue weighted by Gasteiger charge is -2.30. The van der Waals surface area contributed by atoms with Crippen LogP contribution in [-0.4, -0.2) is 24.0 Å². The summed E-state index contributed by atoms with van der Waals surface area (Å²) in [5.74, 6) is 0.0414. The number of anilines is 2. The Hall–Kier alpha value is -2.63. The summed E-state index contributed by atoms with van der Waals surface area (Å²) in [6.07, 6.45) is 3.32. The van der Waals surface area contributed by atoms with Crippen LogP contribution in [0.2, 0.25) is 5.02 Å². The molecule has 4 rings (SSSR count). The number of aromatic nitrogens is 1. The minimum Gasteiger partial charge on any atom is -0.398 e. The molecule has 4 N–H and O–H groups in total. The summed E-state index contributed by atoms with van der Waals surface area (Å²) in [5.41, 5.74) is 9.72. The fourth-order valence-electron chi connectivity index (χ4n) is 3.36. The van der Waals surface area contributed by atoms with Gasteiger partial charge in [0.25, 0.3) is 5.91 Å². The Kier molecular flexibility index (Phi) is 4.26. The Morgan fingerprint density at radius 2 is 2.08 bits per heavy atom. The number of nitrogens with zero attached hydrogens (tertiary/aromatic N) is 1. The number of nitrogens with one attached hydrogen (secondary N) is 2. The molecule has 0 saturated carbocycles. The molecule has 1 aliphatic rings. The van der Waals surface area contributed by atoms with Gasteiger partial charge in [-0.05, 0) is 23.9 Å². The topological polar surface area (TPSA) is 80.0 Å². The lowest BCUT2D eigenvalue weighted by atomic mass is 9.90. The van der Waals surface area contributed by atoms with E-state index in [1.54, 1.807) is 12.4 Å². The third kappa shape index (κ3) is 2.79. The van der Waals surface area contributed by atoms with Gasteiger partial charge in [0.15, 0.2) is 0 Å². The summed E-state index contributed by atoms with van der Waals surface area (Å²) in [5, 5.41) is 8.49. The number of nitrogen functional groups attached to an aromatic ring is 1. The molecule has 5 nitrogen and oxygen atoms in total. The van der Waals surface area contributed by atoms with E-state index in [2.05, 4.69) is 15.6 Å². The van der Waals surface area contributed by atoms with Crippen molar-refractivity contribution in [3.63, 3.8) is 0 Å². The lowest BCUT2D eigenvalue weighted by Crippen LogP contribution is -2.40. The van der Waals surface area contributed by atoms with Crippen molar-refractivity contribution >= 4 is 39.7 Å². The van der Waals surface area contributed by atoms with Crippen LogP contribution in [-0.2, 0) is 0 Å². The van der Waals surface area contributed by atoms with Crippen molar-refractivity contribution in [2.24, 2.45) is 0 Å². The number of halogens is 1. The molecule has 3 aromatic rings. The molecule has 0 unspecified atom stereocenters. The van der Waals surface area contributed by atoms with E-state index in [9.17, 15) is 4.79 Å². The van der Waals surface area contributed by atoms with Crippen LogP contribution in [0.3, 0.4) is 0 Å².